The number of pyridine rings is 1. The van der Waals surface area contributed by atoms with Gasteiger partial charge in [-0.3, -0.25) is 4.98 Å². The number of hydrogen-bond donors (Lipinski definition) is 1. The van der Waals surface area contributed by atoms with Gasteiger partial charge < -0.3 is 5.32 Å². The maximum absolute atomic E-state index is 4.48. The van der Waals surface area contributed by atoms with E-state index in [9.17, 15) is 0 Å². The largest absolute Gasteiger partial charge is 0.364 e. The Morgan fingerprint density at radius 2 is 1.92 bits per heavy atom. The molecule has 4 nitrogen and oxygen atoms in total. The number of nitrogens with one attached hydrogen (secondary N) is 1. The van der Waals surface area contributed by atoms with Crippen LogP contribution in [0.5, 0.6) is 0 Å². The first-order valence-corrected chi connectivity index (χ1v) is 9.04. The predicted molar refractivity (Wildman–Crippen MR) is 104 cm³/mol. The minimum absolute atomic E-state index is 0.634. The van der Waals surface area contributed by atoms with E-state index in [2.05, 4.69) is 57.7 Å². The Kier molecular flexibility index (Phi) is 4.15. The molecular formula is C20H18N4S. The second-order valence-electron chi connectivity index (χ2n) is 6.04. The number of aryl methyl sites for hydroxylation is 2. The van der Waals surface area contributed by atoms with Gasteiger partial charge in [0, 0.05) is 17.1 Å². The summed E-state index contributed by atoms with van der Waals surface area (Å²) in [6, 6.07) is 12.5. The molecule has 3 heterocycles. The van der Waals surface area contributed by atoms with E-state index < -0.39 is 0 Å². The molecule has 1 N–H and O–H groups in total. The highest BCUT2D eigenvalue weighted by Crippen LogP contribution is 2.38. The molecule has 5 heteroatoms. The third-order valence-electron chi connectivity index (χ3n) is 4.21. The molecule has 0 aliphatic carbocycles. The summed E-state index contributed by atoms with van der Waals surface area (Å²) in [6.07, 6.45) is 3.42. The molecule has 0 radical (unpaired) electrons. The minimum atomic E-state index is 0.634. The Hall–Kier alpha value is -2.79. The van der Waals surface area contributed by atoms with Crippen LogP contribution in [0.2, 0.25) is 0 Å². The van der Waals surface area contributed by atoms with Crippen LogP contribution in [-0.4, -0.2) is 15.0 Å². The van der Waals surface area contributed by atoms with E-state index in [-0.39, 0.29) is 0 Å². The van der Waals surface area contributed by atoms with Crippen LogP contribution in [0.25, 0.3) is 21.3 Å². The van der Waals surface area contributed by atoms with Crippen LogP contribution in [0, 0.1) is 13.8 Å². The molecule has 0 aliphatic rings. The summed E-state index contributed by atoms with van der Waals surface area (Å²) >= 11 is 1.65. The molecule has 1 aromatic carbocycles. The highest BCUT2D eigenvalue weighted by Gasteiger charge is 2.14. The topological polar surface area (TPSA) is 50.7 Å². The van der Waals surface area contributed by atoms with Crippen LogP contribution in [0.3, 0.4) is 0 Å². The lowest BCUT2D eigenvalue weighted by atomic mass is 9.99. The zero-order chi connectivity index (χ0) is 17.2. The summed E-state index contributed by atoms with van der Waals surface area (Å²) in [6.45, 7) is 4.90. The number of nitrogens with zero attached hydrogens (tertiary/aromatic N) is 3. The summed E-state index contributed by atoms with van der Waals surface area (Å²) in [5.41, 5.74) is 5.93. The van der Waals surface area contributed by atoms with Crippen molar-refractivity contribution in [2.24, 2.45) is 0 Å². The van der Waals surface area contributed by atoms with Crippen molar-refractivity contribution in [3.8, 4) is 11.1 Å². The Balaban J connectivity index is 1.76. The van der Waals surface area contributed by atoms with Gasteiger partial charge in [0.05, 0.1) is 17.6 Å². The summed E-state index contributed by atoms with van der Waals surface area (Å²) < 4.78 is 0. The molecule has 0 atom stereocenters. The highest BCUT2D eigenvalue weighted by molar-refractivity contribution is 7.17. The van der Waals surface area contributed by atoms with Gasteiger partial charge in [0.15, 0.2) is 0 Å². The molecule has 0 unspecified atom stereocenters. The molecule has 4 aromatic rings. The van der Waals surface area contributed by atoms with Crippen molar-refractivity contribution in [2.45, 2.75) is 20.4 Å². The van der Waals surface area contributed by atoms with Crippen molar-refractivity contribution in [1.29, 1.82) is 0 Å². The minimum Gasteiger partial charge on any atom is -0.364 e. The predicted octanol–water partition coefficient (Wildman–Crippen LogP) is 4.98. The Morgan fingerprint density at radius 3 is 2.72 bits per heavy atom. The van der Waals surface area contributed by atoms with Gasteiger partial charge in [0.2, 0.25) is 0 Å². The van der Waals surface area contributed by atoms with E-state index >= 15 is 0 Å². The number of aromatic nitrogens is 3. The Bertz CT molecular complexity index is 1020. The molecule has 0 bridgehead atoms. The monoisotopic (exact) mass is 346 g/mol. The molecule has 0 aliphatic heterocycles. The fraction of sp³-hybridized carbons (Fsp3) is 0.150. The number of rotatable bonds is 4. The highest BCUT2D eigenvalue weighted by atomic mass is 32.1. The number of anilines is 1. The molecule has 4 rings (SSSR count). The summed E-state index contributed by atoms with van der Waals surface area (Å²) in [4.78, 5) is 14.3. The molecular weight excluding hydrogens is 328 g/mol. The van der Waals surface area contributed by atoms with Crippen molar-refractivity contribution >= 4 is 27.4 Å². The zero-order valence-corrected chi connectivity index (χ0v) is 15.0. The fourth-order valence-electron chi connectivity index (χ4n) is 3.00. The van der Waals surface area contributed by atoms with Crippen molar-refractivity contribution in [1.82, 2.24) is 15.0 Å². The van der Waals surface area contributed by atoms with Crippen LogP contribution < -0.4 is 5.32 Å². The maximum Gasteiger partial charge on any atom is 0.139 e. The third-order valence-corrected chi connectivity index (χ3v) is 5.09. The van der Waals surface area contributed by atoms with E-state index in [1.54, 1.807) is 23.9 Å². The number of benzene rings is 1. The van der Waals surface area contributed by atoms with Crippen molar-refractivity contribution in [2.75, 3.05) is 5.32 Å². The van der Waals surface area contributed by atoms with Gasteiger partial charge in [-0.05, 0) is 37.1 Å². The van der Waals surface area contributed by atoms with Crippen LogP contribution >= 0.6 is 11.3 Å². The molecule has 3 aromatic heterocycles. The van der Waals surface area contributed by atoms with Crippen molar-refractivity contribution in [3.05, 3.63) is 71.1 Å². The van der Waals surface area contributed by atoms with E-state index in [1.807, 2.05) is 18.2 Å². The fourth-order valence-corrected chi connectivity index (χ4v) is 3.91. The SMILES string of the molecule is Cc1ccc(-c2csc3ncnc(NCc4ccccn4)c23)c(C)c1. The van der Waals surface area contributed by atoms with E-state index in [1.165, 1.54) is 22.3 Å². The van der Waals surface area contributed by atoms with Crippen LogP contribution in [-0.2, 0) is 6.54 Å². The molecule has 25 heavy (non-hydrogen) atoms. The van der Waals surface area contributed by atoms with Gasteiger partial charge >= 0.3 is 0 Å². The van der Waals surface area contributed by atoms with Gasteiger partial charge in [0.1, 0.15) is 17.0 Å². The molecule has 0 saturated carbocycles. The molecule has 0 fully saturated rings. The smallest absolute Gasteiger partial charge is 0.139 e. The lowest BCUT2D eigenvalue weighted by Gasteiger charge is -2.10. The standard InChI is InChI=1S/C20H18N4S/c1-13-6-7-16(14(2)9-13)17-11-25-20-18(17)19(23-12-24-20)22-10-15-5-3-4-8-21-15/h3-9,11-12H,10H2,1-2H3,(H,22,23,24). The number of hydrogen-bond acceptors (Lipinski definition) is 5. The van der Waals surface area contributed by atoms with Crippen molar-refractivity contribution in [3.63, 3.8) is 0 Å². The number of thiophene rings is 1. The van der Waals surface area contributed by atoms with E-state index in [0.717, 1.165) is 21.7 Å². The first kappa shape index (κ1) is 15.7. The van der Waals surface area contributed by atoms with Gasteiger partial charge in [0.25, 0.3) is 0 Å². The quantitative estimate of drug-likeness (QED) is 0.566. The van der Waals surface area contributed by atoms with Gasteiger partial charge in [-0.1, -0.05) is 29.8 Å². The Morgan fingerprint density at radius 1 is 1.00 bits per heavy atom. The lowest BCUT2D eigenvalue weighted by Crippen LogP contribution is -2.03. The normalized spacial score (nSPS) is 11.0. The van der Waals surface area contributed by atoms with Gasteiger partial charge in [-0.25, -0.2) is 9.97 Å². The third kappa shape index (κ3) is 3.10. The molecule has 0 spiro atoms. The molecule has 0 amide bonds. The second-order valence-corrected chi connectivity index (χ2v) is 6.90. The van der Waals surface area contributed by atoms with E-state index in [0.29, 0.717) is 6.54 Å². The van der Waals surface area contributed by atoms with E-state index in [4.69, 9.17) is 0 Å². The van der Waals surface area contributed by atoms with Crippen LogP contribution in [0.4, 0.5) is 5.82 Å². The maximum atomic E-state index is 4.48. The zero-order valence-electron chi connectivity index (χ0n) is 14.2. The van der Waals surface area contributed by atoms with Crippen LogP contribution in [0.15, 0.2) is 54.3 Å². The average molecular weight is 346 g/mol. The average Bonchev–Trinajstić information content (AvgIpc) is 3.05. The Labute approximate surface area is 150 Å². The first-order valence-electron chi connectivity index (χ1n) is 8.16. The molecule has 0 saturated heterocycles. The molecule has 124 valence electrons. The van der Waals surface area contributed by atoms with Crippen molar-refractivity contribution < 1.29 is 0 Å². The second kappa shape index (κ2) is 6.61. The first-order chi connectivity index (χ1) is 12.2. The number of fused-ring (bicyclic) bond motifs is 1. The summed E-state index contributed by atoms with van der Waals surface area (Å²) in [5.74, 6) is 0.854. The summed E-state index contributed by atoms with van der Waals surface area (Å²) in [7, 11) is 0. The lowest BCUT2D eigenvalue weighted by molar-refractivity contribution is 1.03. The van der Waals surface area contributed by atoms with Gasteiger partial charge in [-0.2, -0.15) is 0 Å². The van der Waals surface area contributed by atoms with Gasteiger partial charge in [-0.15, -0.1) is 11.3 Å². The van der Waals surface area contributed by atoms with Crippen LogP contribution in [0.1, 0.15) is 16.8 Å². The summed E-state index contributed by atoms with van der Waals surface area (Å²) in [5, 5.41) is 6.67.